The van der Waals surface area contributed by atoms with Crippen LogP contribution in [0.25, 0.3) is 10.8 Å². The molecule has 0 radical (unpaired) electrons. The molecule has 0 saturated heterocycles. The van der Waals surface area contributed by atoms with Gasteiger partial charge in [-0.05, 0) is 17.0 Å². The number of hydroxylamine groups is 1. The molecule has 0 aliphatic rings. The Morgan fingerprint density at radius 2 is 1.86 bits per heavy atom. The van der Waals surface area contributed by atoms with E-state index in [1.165, 1.54) is 17.6 Å². The summed E-state index contributed by atoms with van der Waals surface area (Å²) in [5.41, 5.74) is 2.17. The first kappa shape index (κ1) is 15.0. The van der Waals surface area contributed by atoms with Crippen molar-refractivity contribution in [3.8, 4) is 5.75 Å². The van der Waals surface area contributed by atoms with Gasteiger partial charge in [0.15, 0.2) is 0 Å². The minimum Gasteiger partial charge on any atom is -0.507 e. The molecule has 0 bridgehead atoms. The molecule has 2 aromatic carbocycles. The predicted octanol–water partition coefficient (Wildman–Crippen LogP) is 2.28. The number of benzene rings is 2. The van der Waals surface area contributed by atoms with E-state index in [4.69, 9.17) is 5.21 Å². The number of aliphatic hydroxyl groups excluding tert-OH is 1. The summed E-state index contributed by atoms with van der Waals surface area (Å²) in [6.07, 6.45) is 1.84. The fourth-order valence-electron chi connectivity index (χ4n) is 2.23. The number of aliphatic hydroxyl groups is 1. The smallest absolute Gasteiger partial charge is 0.267 e. The number of hydrogen-bond acceptors (Lipinski definition) is 4. The number of phenols is 1. The van der Waals surface area contributed by atoms with Crippen molar-refractivity contribution >= 4 is 16.7 Å². The molecule has 0 spiro atoms. The second-order valence-electron chi connectivity index (χ2n) is 4.86. The summed E-state index contributed by atoms with van der Waals surface area (Å²) < 4.78 is 0. The summed E-state index contributed by atoms with van der Waals surface area (Å²) in [4.78, 5) is 11.0. The second-order valence-corrected chi connectivity index (χ2v) is 4.86. The van der Waals surface area contributed by atoms with E-state index in [2.05, 4.69) is 0 Å². The predicted molar refractivity (Wildman–Crippen MR) is 78.8 cm³/mol. The van der Waals surface area contributed by atoms with Crippen LogP contribution in [0.2, 0.25) is 0 Å². The quantitative estimate of drug-likeness (QED) is 0.394. The highest BCUT2D eigenvalue weighted by Crippen LogP contribution is 2.33. The van der Waals surface area contributed by atoms with Gasteiger partial charge in [0.2, 0.25) is 0 Å². The largest absolute Gasteiger partial charge is 0.507 e. The molecule has 110 valence electrons. The zero-order valence-electron chi connectivity index (χ0n) is 11.5. The van der Waals surface area contributed by atoms with Gasteiger partial charge >= 0.3 is 0 Å². The average Bonchev–Trinajstić information content (AvgIpc) is 2.52. The minimum absolute atomic E-state index is 0.157. The molecule has 0 aromatic heterocycles. The Labute approximate surface area is 122 Å². The summed E-state index contributed by atoms with van der Waals surface area (Å²) in [6.45, 7) is 1.76. The van der Waals surface area contributed by atoms with Crippen molar-refractivity contribution < 1.29 is 20.2 Å². The number of fused-ring (bicyclic) bond motifs is 1. The Bertz CT molecular complexity index is 681. The van der Waals surface area contributed by atoms with Crippen molar-refractivity contribution in [3.63, 3.8) is 0 Å². The third-order valence-corrected chi connectivity index (χ3v) is 3.41. The molecule has 0 unspecified atom stereocenters. The van der Waals surface area contributed by atoms with Gasteiger partial charge in [0.05, 0.1) is 6.10 Å². The van der Waals surface area contributed by atoms with Gasteiger partial charge < -0.3 is 10.2 Å². The first-order chi connectivity index (χ1) is 10.0. The number of hydrogen-bond donors (Lipinski definition) is 4. The van der Waals surface area contributed by atoms with Crippen LogP contribution in [0.15, 0.2) is 48.6 Å². The van der Waals surface area contributed by atoms with Crippen LogP contribution >= 0.6 is 0 Å². The molecule has 5 heteroatoms. The zero-order valence-corrected chi connectivity index (χ0v) is 11.5. The molecule has 0 aliphatic carbocycles. The van der Waals surface area contributed by atoms with Gasteiger partial charge in [-0.15, -0.1) is 0 Å². The van der Waals surface area contributed by atoms with Crippen LogP contribution in [0.5, 0.6) is 5.75 Å². The van der Waals surface area contributed by atoms with Gasteiger partial charge in [-0.25, -0.2) is 5.48 Å². The van der Waals surface area contributed by atoms with Crippen LogP contribution in [-0.4, -0.2) is 21.3 Å². The van der Waals surface area contributed by atoms with Crippen LogP contribution in [0.1, 0.15) is 18.6 Å². The summed E-state index contributed by atoms with van der Waals surface area (Å²) in [5.74, 6) is -0.829. The van der Waals surface area contributed by atoms with Crippen molar-refractivity contribution in [1.29, 1.82) is 0 Å². The van der Waals surface area contributed by atoms with Crippen LogP contribution in [0.4, 0.5) is 0 Å². The average molecular weight is 287 g/mol. The number of nitrogens with one attached hydrogen (secondary N) is 1. The van der Waals surface area contributed by atoms with Crippen LogP contribution < -0.4 is 5.48 Å². The Kier molecular flexibility index (Phi) is 4.57. The molecule has 5 nitrogen and oxygen atoms in total. The molecule has 0 saturated carbocycles. The van der Waals surface area contributed by atoms with E-state index >= 15 is 0 Å². The van der Waals surface area contributed by atoms with Gasteiger partial charge in [0, 0.05) is 17.4 Å². The van der Waals surface area contributed by atoms with E-state index in [-0.39, 0.29) is 11.7 Å². The van der Waals surface area contributed by atoms with Gasteiger partial charge in [-0.1, -0.05) is 43.3 Å². The van der Waals surface area contributed by atoms with Crippen LogP contribution in [0.3, 0.4) is 0 Å². The monoisotopic (exact) mass is 287 g/mol. The Balaban J connectivity index is 2.35. The lowest BCUT2D eigenvalue weighted by molar-refractivity contribution is -0.124. The molecular formula is C16H17NO4. The third-order valence-electron chi connectivity index (χ3n) is 3.41. The number of carbonyl (C=O) groups is 1. The van der Waals surface area contributed by atoms with Gasteiger partial charge in [-0.2, -0.15) is 0 Å². The van der Waals surface area contributed by atoms with E-state index in [0.717, 1.165) is 11.5 Å². The van der Waals surface area contributed by atoms with Crippen molar-refractivity contribution in [2.45, 2.75) is 13.0 Å². The van der Waals surface area contributed by atoms with E-state index in [1.54, 1.807) is 19.1 Å². The van der Waals surface area contributed by atoms with Crippen molar-refractivity contribution in [2.24, 2.45) is 5.92 Å². The molecule has 0 fully saturated rings. The summed E-state index contributed by atoms with van der Waals surface area (Å²) >= 11 is 0. The molecule has 2 aromatic rings. The molecule has 2 atom stereocenters. The minimum atomic E-state index is -0.835. The number of phenolic OH excluding ortho intramolecular Hbond substituents is 1. The Morgan fingerprint density at radius 1 is 1.19 bits per heavy atom. The molecular weight excluding hydrogens is 270 g/mol. The fourth-order valence-corrected chi connectivity index (χ4v) is 2.23. The van der Waals surface area contributed by atoms with Crippen LogP contribution in [-0.2, 0) is 4.79 Å². The van der Waals surface area contributed by atoms with E-state index in [0.29, 0.717) is 10.9 Å². The third kappa shape index (κ3) is 3.21. The molecule has 0 heterocycles. The molecule has 0 aliphatic heterocycles. The Hall–Kier alpha value is -2.37. The highest BCUT2D eigenvalue weighted by Gasteiger charge is 2.17. The highest BCUT2D eigenvalue weighted by molar-refractivity contribution is 5.91. The maximum atomic E-state index is 11.0. The van der Waals surface area contributed by atoms with E-state index in [1.807, 2.05) is 18.2 Å². The lowest BCUT2D eigenvalue weighted by atomic mass is 9.92. The second kappa shape index (κ2) is 6.39. The Morgan fingerprint density at radius 3 is 2.52 bits per heavy atom. The molecule has 4 N–H and O–H groups in total. The van der Waals surface area contributed by atoms with Gasteiger partial charge in [0.1, 0.15) is 5.75 Å². The van der Waals surface area contributed by atoms with Crippen molar-refractivity contribution in [3.05, 3.63) is 54.1 Å². The summed E-state index contributed by atoms with van der Waals surface area (Å²) in [6, 6.07) is 10.5. The topological polar surface area (TPSA) is 89.8 Å². The lowest BCUT2D eigenvalue weighted by Crippen LogP contribution is -2.16. The summed E-state index contributed by atoms with van der Waals surface area (Å²) in [7, 11) is 0. The van der Waals surface area contributed by atoms with Crippen molar-refractivity contribution in [2.75, 3.05) is 0 Å². The number of rotatable bonds is 4. The molecule has 21 heavy (non-hydrogen) atoms. The zero-order chi connectivity index (χ0) is 15.4. The normalized spacial score (nSPS) is 14.2. The molecule has 2 rings (SSSR count). The highest BCUT2D eigenvalue weighted by atomic mass is 16.5. The number of carbonyl (C=O) groups excluding carboxylic acids is 1. The van der Waals surface area contributed by atoms with Gasteiger partial charge in [0.25, 0.3) is 5.91 Å². The standard InChI is InChI=1S/C16H17NO4/c1-10(6-9-15(19)17-21)16(20)13-7-8-14(18)12-5-3-2-4-11(12)13/h2-10,16,18,20-21H,1H3,(H,17,19)/b9-6+/t10-,16+/m0/s1. The van der Waals surface area contributed by atoms with E-state index < -0.39 is 12.0 Å². The number of amides is 1. The molecule has 1 amide bonds. The summed E-state index contributed by atoms with van der Waals surface area (Å²) in [5, 5.41) is 30.1. The van der Waals surface area contributed by atoms with E-state index in [9.17, 15) is 15.0 Å². The van der Waals surface area contributed by atoms with Gasteiger partial charge in [-0.3, -0.25) is 10.0 Å². The first-order valence-electron chi connectivity index (χ1n) is 6.55. The van der Waals surface area contributed by atoms with Crippen LogP contribution in [0, 0.1) is 5.92 Å². The SMILES string of the molecule is C[C@@H](/C=C/C(=O)NO)[C@@H](O)c1ccc(O)c2ccccc12. The van der Waals surface area contributed by atoms with Crippen molar-refractivity contribution in [1.82, 2.24) is 5.48 Å². The maximum Gasteiger partial charge on any atom is 0.267 e. The lowest BCUT2D eigenvalue weighted by Gasteiger charge is -2.18. The fraction of sp³-hybridized carbons (Fsp3) is 0.188. The first-order valence-corrected chi connectivity index (χ1v) is 6.55. The maximum absolute atomic E-state index is 11.0. The number of aromatic hydroxyl groups is 1.